The zero-order chi connectivity index (χ0) is 13.0. The molecule has 0 bridgehead atoms. The van der Waals surface area contributed by atoms with Gasteiger partial charge in [0.25, 0.3) is 0 Å². The van der Waals surface area contributed by atoms with E-state index in [-0.39, 0.29) is 0 Å². The van der Waals surface area contributed by atoms with Crippen LogP contribution in [0.15, 0.2) is 12.3 Å². The van der Waals surface area contributed by atoms with Crippen LogP contribution in [-0.2, 0) is 6.42 Å². The first-order valence-corrected chi connectivity index (χ1v) is 7.52. The molecule has 1 fully saturated rings. The molecular formula is C15H27N3. The van der Waals surface area contributed by atoms with Crippen molar-refractivity contribution < 1.29 is 0 Å². The van der Waals surface area contributed by atoms with Crippen LogP contribution in [-0.4, -0.2) is 22.4 Å². The Bertz CT molecular complexity index is 354. The predicted molar refractivity (Wildman–Crippen MR) is 75.7 cm³/mol. The summed E-state index contributed by atoms with van der Waals surface area (Å²) in [6.07, 6.45) is 8.44. The Morgan fingerprint density at radius 2 is 2.22 bits per heavy atom. The van der Waals surface area contributed by atoms with Crippen molar-refractivity contribution in [1.82, 2.24) is 15.1 Å². The van der Waals surface area contributed by atoms with E-state index in [4.69, 9.17) is 0 Å². The minimum Gasteiger partial charge on any atom is -0.314 e. The van der Waals surface area contributed by atoms with Gasteiger partial charge in [0.15, 0.2) is 0 Å². The number of hydrogen-bond acceptors (Lipinski definition) is 2. The Balaban J connectivity index is 1.83. The average molecular weight is 249 g/mol. The van der Waals surface area contributed by atoms with Crippen molar-refractivity contribution in [2.45, 2.75) is 65.0 Å². The van der Waals surface area contributed by atoms with Crippen LogP contribution in [0.2, 0.25) is 0 Å². The van der Waals surface area contributed by atoms with Crippen molar-refractivity contribution in [3.05, 3.63) is 18.0 Å². The topological polar surface area (TPSA) is 29.9 Å². The van der Waals surface area contributed by atoms with E-state index in [1.165, 1.54) is 25.0 Å². The van der Waals surface area contributed by atoms with Crippen LogP contribution in [0.5, 0.6) is 0 Å². The third-order valence-electron chi connectivity index (χ3n) is 4.07. The second kappa shape index (κ2) is 6.37. The summed E-state index contributed by atoms with van der Waals surface area (Å²) in [4.78, 5) is 0. The molecule has 1 saturated carbocycles. The highest BCUT2D eigenvalue weighted by Crippen LogP contribution is 2.34. The van der Waals surface area contributed by atoms with Gasteiger partial charge in [-0.3, -0.25) is 4.68 Å². The summed E-state index contributed by atoms with van der Waals surface area (Å²) in [5, 5.41) is 8.30. The van der Waals surface area contributed by atoms with E-state index in [0.717, 1.165) is 25.3 Å². The normalized spacial score (nSPS) is 18.8. The van der Waals surface area contributed by atoms with Crippen molar-refractivity contribution in [3.63, 3.8) is 0 Å². The number of nitrogens with zero attached hydrogens (tertiary/aromatic N) is 2. The SMILES string of the molecule is CCNC(CCc1ccn(C(C)CC)n1)C1CC1. The summed E-state index contributed by atoms with van der Waals surface area (Å²) >= 11 is 0. The molecule has 0 saturated heterocycles. The highest BCUT2D eigenvalue weighted by atomic mass is 15.3. The lowest BCUT2D eigenvalue weighted by molar-refractivity contribution is 0.438. The van der Waals surface area contributed by atoms with Crippen molar-refractivity contribution in [2.24, 2.45) is 5.92 Å². The summed E-state index contributed by atoms with van der Waals surface area (Å²) in [6.45, 7) is 7.72. The molecular weight excluding hydrogens is 222 g/mol. The predicted octanol–water partition coefficient (Wildman–Crippen LogP) is 3.17. The molecule has 1 aromatic rings. The molecule has 1 aromatic heterocycles. The first-order chi connectivity index (χ1) is 8.74. The van der Waals surface area contributed by atoms with Crippen LogP contribution in [0.1, 0.15) is 58.2 Å². The van der Waals surface area contributed by atoms with Gasteiger partial charge in [0, 0.05) is 18.3 Å². The first kappa shape index (κ1) is 13.6. The average Bonchev–Trinajstić information content (AvgIpc) is 3.12. The Morgan fingerprint density at radius 3 is 2.83 bits per heavy atom. The van der Waals surface area contributed by atoms with E-state index in [2.05, 4.69) is 48.1 Å². The summed E-state index contributed by atoms with van der Waals surface area (Å²) in [5.41, 5.74) is 1.25. The van der Waals surface area contributed by atoms with Gasteiger partial charge >= 0.3 is 0 Å². The fourth-order valence-electron chi connectivity index (χ4n) is 2.51. The molecule has 2 unspecified atom stereocenters. The molecule has 0 amide bonds. The number of hydrogen-bond donors (Lipinski definition) is 1. The number of nitrogens with one attached hydrogen (secondary N) is 1. The Morgan fingerprint density at radius 1 is 1.44 bits per heavy atom. The van der Waals surface area contributed by atoms with Crippen LogP contribution >= 0.6 is 0 Å². The van der Waals surface area contributed by atoms with Crippen molar-refractivity contribution in [1.29, 1.82) is 0 Å². The third kappa shape index (κ3) is 3.58. The van der Waals surface area contributed by atoms with Gasteiger partial charge in [-0.1, -0.05) is 13.8 Å². The van der Waals surface area contributed by atoms with Gasteiger partial charge < -0.3 is 5.32 Å². The molecule has 1 N–H and O–H groups in total. The van der Waals surface area contributed by atoms with E-state index < -0.39 is 0 Å². The lowest BCUT2D eigenvalue weighted by Gasteiger charge is -2.16. The maximum absolute atomic E-state index is 4.68. The van der Waals surface area contributed by atoms with Gasteiger partial charge in [0.1, 0.15) is 0 Å². The number of aryl methyl sites for hydroxylation is 1. The fraction of sp³-hybridized carbons (Fsp3) is 0.800. The summed E-state index contributed by atoms with van der Waals surface area (Å²) < 4.78 is 2.11. The molecule has 1 aliphatic rings. The molecule has 0 aromatic carbocycles. The van der Waals surface area contributed by atoms with Gasteiger partial charge in [0.05, 0.1) is 5.69 Å². The van der Waals surface area contributed by atoms with Gasteiger partial charge in [-0.2, -0.15) is 5.10 Å². The lowest BCUT2D eigenvalue weighted by atomic mass is 10.1. The first-order valence-electron chi connectivity index (χ1n) is 7.52. The molecule has 3 nitrogen and oxygen atoms in total. The van der Waals surface area contributed by atoms with Crippen LogP contribution in [0.3, 0.4) is 0 Å². The molecule has 1 aliphatic carbocycles. The van der Waals surface area contributed by atoms with Crippen molar-refractivity contribution in [3.8, 4) is 0 Å². The lowest BCUT2D eigenvalue weighted by Crippen LogP contribution is -2.31. The van der Waals surface area contributed by atoms with E-state index in [0.29, 0.717) is 12.1 Å². The van der Waals surface area contributed by atoms with Gasteiger partial charge in [0.2, 0.25) is 0 Å². The monoisotopic (exact) mass is 249 g/mol. The minimum absolute atomic E-state index is 0.520. The fourth-order valence-corrected chi connectivity index (χ4v) is 2.51. The summed E-state index contributed by atoms with van der Waals surface area (Å²) in [6, 6.07) is 3.41. The van der Waals surface area contributed by atoms with Crippen molar-refractivity contribution in [2.75, 3.05) is 6.54 Å². The van der Waals surface area contributed by atoms with Crippen LogP contribution < -0.4 is 5.32 Å². The van der Waals surface area contributed by atoms with E-state index in [9.17, 15) is 0 Å². The molecule has 18 heavy (non-hydrogen) atoms. The number of aromatic nitrogens is 2. The highest BCUT2D eigenvalue weighted by molar-refractivity contribution is 5.01. The Hall–Kier alpha value is -0.830. The highest BCUT2D eigenvalue weighted by Gasteiger charge is 2.30. The van der Waals surface area contributed by atoms with E-state index in [1.807, 2.05) is 0 Å². The third-order valence-corrected chi connectivity index (χ3v) is 4.07. The standard InChI is InChI=1S/C15H27N3/c1-4-12(3)18-11-10-14(17-18)8-9-15(16-5-2)13-6-7-13/h10-13,15-16H,4-9H2,1-3H3. The minimum atomic E-state index is 0.520. The van der Waals surface area contributed by atoms with E-state index >= 15 is 0 Å². The maximum Gasteiger partial charge on any atom is 0.0625 e. The second-order valence-corrected chi connectivity index (χ2v) is 5.58. The summed E-state index contributed by atoms with van der Waals surface area (Å²) in [7, 11) is 0. The smallest absolute Gasteiger partial charge is 0.0625 e. The quantitative estimate of drug-likeness (QED) is 0.767. The molecule has 0 aliphatic heterocycles. The molecule has 0 radical (unpaired) electrons. The van der Waals surface area contributed by atoms with Crippen LogP contribution in [0.25, 0.3) is 0 Å². The second-order valence-electron chi connectivity index (χ2n) is 5.58. The Labute approximate surface area is 111 Å². The van der Waals surface area contributed by atoms with Gasteiger partial charge in [-0.15, -0.1) is 0 Å². The molecule has 2 rings (SSSR count). The van der Waals surface area contributed by atoms with Gasteiger partial charge in [-0.25, -0.2) is 0 Å². The van der Waals surface area contributed by atoms with Crippen LogP contribution in [0, 0.1) is 5.92 Å². The Kier molecular flexibility index (Phi) is 4.81. The molecule has 3 heteroatoms. The maximum atomic E-state index is 4.68. The van der Waals surface area contributed by atoms with E-state index in [1.54, 1.807) is 0 Å². The largest absolute Gasteiger partial charge is 0.314 e. The van der Waals surface area contributed by atoms with Crippen LogP contribution in [0.4, 0.5) is 0 Å². The zero-order valence-corrected chi connectivity index (χ0v) is 12.0. The molecule has 2 atom stereocenters. The molecule has 102 valence electrons. The zero-order valence-electron chi connectivity index (χ0n) is 12.0. The summed E-state index contributed by atoms with van der Waals surface area (Å²) in [5.74, 6) is 0.932. The van der Waals surface area contributed by atoms with Gasteiger partial charge in [-0.05, 0) is 57.6 Å². The van der Waals surface area contributed by atoms with Crippen molar-refractivity contribution >= 4 is 0 Å². The molecule has 1 heterocycles. The number of rotatable bonds is 8. The molecule has 0 spiro atoms.